The van der Waals surface area contributed by atoms with Crippen LogP contribution in [-0.2, 0) is 6.54 Å². The highest BCUT2D eigenvalue weighted by Gasteiger charge is 2.19. The van der Waals surface area contributed by atoms with Crippen molar-refractivity contribution in [3.63, 3.8) is 0 Å². The number of benzene rings is 2. The van der Waals surface area contributed by atoms with Gasteiger partial charge in [-0.1, -0.05) is 20.3 Å². The fraction of sp³-hybridized carbons (Fsp3) is 0.440. The van der Waals surface area contributed by atoms with Crippen molar-refractivity contribution in [2.24, 2.45) is 5.92 Å². The van der Waals surface area contributed by atoms with Crippen LogP contribution in [0.15, 0.2) is 42.6 Å². The van der Waals surface area contributed by atoms with Crippen molar-refractivity contribution < 1.29 is 13.9 Å². The molecule has 1 unspecified atom stereocenters. The number of ether oxygens (including phenoxy) is 1. The normalized spacial score (nSPS) is 16.4. The van der Waals surface area contributed by atoms with E-state index >= 15 is 0 Å². The first-order chi connectivity index (χ1) is 15.5. The Kier molecular flexibility index (Phi) is 7.05. The van der Waals surface area contributed by atoms with Crippen LogP contribution in [0.5, 0.6) is 11.5 Å². The van der Waals surface area contributed by atoms with Gasteiger partial charge < -0.3 is 15.4 Å². The molecule has 1 atom stereocenters. The molecule has 0 aliphatic carbocycles. The average molecular weight is 439 g/mol. The van der Waals surface area contributed by atoms with Gasteiger partial charge in [0.15, 0.2) is 0 Å². The van der Waals surface area contributed by atoms with Gasteiger partial charge in [0, 0.05) is 24.5 Å². The third kappa shape index (κ3) is 5.46. The lowest BCUT2D eigenvalue weighted by molar-refractivity contribution is 0.0949. The van der Waals surface area contributed by atoms with Crippen LogP contribution in [-0.4, -0.2) is 34.8 Å². The molecule has 1 aliphatic rings. The Hall–Kier alpha value is -2.93. The van der Waals surface area contributed by atoms with Crippen LogP contribution in [0.3, 0.4) is 0 Å². The Labute approximate surface area is 188 Å². The van der Waals surface area contributed by atoms with Gasteiger partial charge in [0.05, 0.1) is 17.3 Å². The smallest absolute Gasteiger partial charge is 0.255 e. The van der Waals surface area contributed by atoms with Gasteiger partial charge in [-0.2, -0.15) is 5.10 Å². The Balaban J connectivity index is 1.58. The molecule has 1 aliphatic heterocycles. The molecule has 2 aromatic carbocycles. The number of hydrogen-bond acceptors (Lipinski definition) is 4. The van der Waals surface area contributed by atoms with Crippen LogP contribution < -0.4 is 15.4 Å². The molecule has 0 bridgehead atoms. The van der Waals surface area contributed by atoms with E-state index in [4.69, 9.17) is 4.74 Å². The molecule has 7 heteroatoms. The number of nitrogens with one attached hydrogen (secondary N) is 2. The van der Waals surface area contributed by atoms with E-state index in [1.807, 2.05) is 16.8 Å². The zero-order chi connectivity index (χ0) is 22.5. The Morgan fingerprint density at radius 3 is 2.81 bits per heavy atom. The lowest BCUT2D eigenvalue weighted by atomic mass is 10.0. The quantitative estimate of drug-likeness (QED) is 0.526. The van der Waals surface area contributed by atoms with Gasteiger partial charge in [-0.05, 0) is 68.1 Å². The second-order valence-electron chi connectivity index (χ2n) is 8.88. The van der Waals surface area contributed by atoms with Gasteiger partial charge >= 0.3 is 0 Å². The number of rotatable bonds is 8. The van der Waals surface area contributed by atoms with E-state index in [2.05, 4.69) is 29.6 Å². The standard InChI is InChI=1S/C25H31FN4O2/c1-17(2)16-30-23-14-22(25(31)28-12-10-20-5-3-4-11-27-20)24(13-18(23)15-29-30)32-21-8-6-19(26)7-9-21/h6-9,13-15,17,20,27H,3-5,10-12,16H2,1-2H3,(H,28,31). The number of aromatic nitrogens is 2. The van der Waals surface area contributed by atoms with Gasteiger partial charge in [0.25, 0.3) is 5.91 Å². The molecular weight excluding hydrogens is 407 g/mol. The number of fused-ring (bicyclic) bond motifs is 1. The third-order valence-corrected chi connectivity index (χ3v) is 5.76. The summed E-state index contributed by atoms with van der Waals surface area (Å²) in [7, 11) is 0. The van der Waals surface area contributed by atoms with Crippen LogP contribution in [0.2, 0.25) is 0 Å². The first-order valence-electron chi connectivity index (χ1n) is 11.4. The molecule has 2 N–H and O–H groups in total. The molecule has 32 heavy (non-hydrogen) atoms. The van der Waals surface area contributed by atoms with Gasteiger partial charge in [-0.25, -0.2) is 4.39 Å². The molecule has 1 saturated heterocycles. The lowest BCUT2D eigenvalue weighted by Gasteiger charge is -2.23. The van der Waals surface area contributed by atoms with Crippen LogP contribution in [0.1, 0.15) is 49.9 Å². The number of piperidine rings is 1. The minimum atomic E-state index is -0.336. The summed E-state index contributed by atoms with van der Waals surface area (Å²) in [6, 6.07) is 9.92. The first kappa shape index (κ1) is 22.3. The molecule has 0 radical (unpaired) electrons. The zero-order valence-electron chi connectivity index (χ0n) is 18.7. The number of carbonyl (C=O) groups excluding carboxylic acids is 1. The molecule has 0 saturated carbocycles. The van der Waals surface area contributed by atoms with Crippen molar-refractivity contribution in [1.82, 2.24) is 20.4 Å². The molecule has 4 rings (SSSR count). The highest BCUT2D eigenvalue weighted by Crippen LogP contribution is 2.31. The van der Waals surface area contributed by atoms with Gasteiger partial charge in [-0.3, -0.25) is 9.48 Å². The van der Waals surface area contributed by atoms with Crippen LogP contribution in [0.4, 0.5) is 4.39 Å². The summed E-state index contributed by atoms with van der Waals surface area (Å²) in [5, 5.41) is 11.9. The van der Waals surface area contributed by atoms with Crippen molar-refractivity contribution in [2.75, 3.05) is 13.1 Å². The molecule has 2 heterocycles. The topological polar surface area (TPSA) is 68.2 Å². The van der Waals surface area contributed by atoms with E-state index in [9.17, 15) is 9.18 Å². The number of hydrogen-bond donors (Lipinski definition) is 2. The number of carbonyl (C=O) groups is 1. The maximum Gasteiger partial charge on any atom is 0.255 e. The highest BCUT2D eigenvalue weighted by molar-refractivity contribution is 6.01. The number of nitrogens with zero attached hydrogens (tertiary/aromatic N) is 2. The molecule has 0 spiro atoms. The summed E-state index contributed by atoms with van der Waals surface area (Å²) in [5.41, 5.74) is 1.34. The summed E-state index contributed by atoms with van der Waals surface area (Å²) >= 11 is 0. The number of halogens is 1. The Bertz CT molecular complexity index is 1060. The van der Waals surface area contributed by atoms with Gasteiger partial charge in [-0.15, -0.1) is 0 Å². The molecular formula is C25H31FN4O2. The molecule has 170 valence electrons. The fourth-order valence-corrected chi connectivity index (χ4v) is 4.11. The van der Waals surface area contributed by atoms with E-state index in [0.29, 0.717) is 35.6 Å². The summed E-state index contributed by atoms with van der Waals surface area (Å²) < 4.78 is 21.2. The SMILES string of the molecule is CC(C)Cn1ncc2cc(Oc3ccc(F)cc3)c(C(=O)NCCC3CCCCN3)cc21. The molecule has 6 nitrogen and oxygen atoms in total. The molecule has 1 aromatic heterocycles. The molecule has 3 aromatic rings. The average Bonchev–Trinajstić information content (AvgIpc) is 3.16. The molecule has 1 fully saturated rings. The van der Waals surface area contributed by atoms with E-state index in [0.717, 1.165) is 36.8 Å². The minimum absolute atomic E-state index is 0.183. The zero-order valence-corrected chi connectivity index (χ0v) is 18.7. The summed E-state index contributed by atoms with van der Waals surface area (Å²) in [6.45, 7) is 6.66. The first-order valence-corrected chi connectivity index (χ1v) is 11.4. The lowest BCUT2D eigenvalue weighted by Crippen LogP contribution is -2.37. The van der Waals surface area contributed by atoms with Crippen LogP contribution in [0, 0.1) is 11.7 Å². The van der Waals surface area contributed by atoms with E-state index < -0.39 is 0 Å². The van der Waals surface area contributed by atoms with Crippen LogP contribution >= 0.6 is 0 Å². The second kappa shape index (κ2) is 10.1. The highest BCUT2D eigenvalue weighted by atomic mass is 19.1. The third-order valence-electron chi connectivity index (χ3n) is 5.76. The van der Waals surface area contributed by atoms with Crippen molar-refractivity contribution in [1.29, 1.82) is 0 Å². The van der Waals surface area contributed by atoms with Gasteiger partial charge in [0.2, 0.25) is 0 Å². The number of amides is 1. The second-order valence-corrected chi connectivity index (χ2v) is 8.88. The van der Waals surface area contributed by atoms with E-state index in [1.54, 1.807) is 18.3 Å². The maximum atomic E-state index is 13.3. The van der Waals surface area contributed by atoms with Gasteiger partial charge in [0.1, 0.15) is 17.3 Å². The minimum Gasteiger partial charge on any atom is -0.457 e. The van der Waals surface area contributed by atoms with Crippen molar-refractivity contribution in [2.45, 2.75) is 52.1 Å². The maximum absolute atomic E-state index is 13.3. The van der Waals surface area contributed by atoms with Crippen molar-refractivity contribution in [3.8, 4) is 11.5 Å². The summed E-state index contributed by atoms with van der Waals surface area (Å²) in [5.74, 6) is 0.810. The van der Waals surface area contributed by atoms with Crippen molar-refractivity contribution in [3.05, 3.63) is 54.0 Å². The Morgan fingerprint density at radius 2 is 2.09 bits per heavy atom. The van der Waals surface area contributed by atoms with E-state index in [-0.39, 0.29) is 11.7 Å². The van der Waals surface area contributed by atoms with Crippen molar-refractivity contribution >= 4 is 16.8 Å². The Morgan fingerprint density at radius 1 is 1.28 bits per heavy atom. The predicted molar refractivity (Wildman–Crippen MR) is 124 cm³/mol. The predicted octanol–water partition coefficient (Wildman–Crippen LogP) is 4.89. The summed E-state index contributed by atoms with van der Waals surface area (Å²) in [4.78, 5) is 13.1. The van der Waals surface area contributed by atoms with Crippen LogP contribution in [0.25, 0.3) is 10.9 Å². The summed E-state index contributed by atoms with van der Waals surface area (Å²) in [6.07, 6.45) is 6.28. The monoisotopic (exact) mass is 438 g/mol. The molecule has 1 amide bonds. The van der Waals surface area contributed by atoms with E-state index in [1.165, 1.54) is 25.0 Å². The fourth-order valence-electron chi connectivity index (χ4n) is 4.11. The largest absolute Gasteiger partial charge is 0.457 e.